The third-order valence-electron chi connectivity index (χ3n) is 1.85. The minimum atomic E-state index is -0.442. The van der Waals surface area contributed by atoms with Crippen molar-refractivity contribution in [3.8, 4) is 0 Å². The van der Waals surface area contributed by atoms with Gasteiger partial charge in [0.25, 0.3) is 0 Å². The van der Waals surface area contributed by atoms with Gasteiger partial charge in [-0.3, -0.25) is 0 Å². The zero-order chi connectivity index (χ0) is 10.8. The van der Waals surface area contributed by atoms with Gasteiger partial charge in [0.1, 0.15) is 10.7 Å². The van der Waals surface area contributed by atoms with E-state index in [1.54, 1.807) is 13.0 Å². The van der Waals surface area contributed by atoms with Crippen LogP contribution in [0.3, 0.4) is 0 Å². The van der Waals surface area contributed by atoms with Gasteiger partial charge in [0.2, 0.25) is 0 Å². The first-order valence-corrected chi connectivity index (χ1v) is 4.77. The molecule has 2 heterocycles. The molecule has 0 unspecified atom stereocenters. The summed E-state index contributed by atoms with van der Waals surface area (Å²) in [5.41, 5.74) is 0.723. The van der Waals surface area contributed by atoms with E-state index in [-0.39, 0.29) is 0 Å². The maximum Gasteiger partial charge on any atom is 0.343 e. The van der Waals surface area contributed by atoms with E-state index >= 15 is 0 Å². The summed E-state index contributed by atoms with van der Waals surface area (Å²) < 4.78 is 6.24. The number of hydrogen-bond acceptors (Lipinski definition) is 4. The summed E-state index contributed by atoms with van der Waals surface area (Å²) in [5, 5.41) is 4.34. The molecule has 2 rings (SSSR count). The van der Waals surface area contributed by atoms with Crippen molar-refractivity contribution in [3.05, 3.63) is 29.2 Å². The van der Waals surface area contributed by atoms with Crippen molar-refractivity contribution in [1.82, 2.24) is 14.6 Å². The second-order valence-electron chi connectivity index (χ2n) is 2.78. The third kappa shape index (κ3) is 1.66. The number of carbonyl (C=O) groups excluding carboxylic acids is 1. The average Bonchev–Trinajstić information content (AvgIpc) is 2.63. The lowest BCUT2D eigenvalue weighted by Crippen LogP contribution is -2.04. The molecule has 0 saturated carbocycles. The number of nitrogens with zero attached hydrogens (tertiary/aromatic N) is 3. The molecule has 0 aliphatic rings. The Balaban J connectivity index is 2.54. The average molecular weight is 226 g/mol. The molecule has 5 nitrogen and oxygen atoms in total. The van der Waals surface area contributed by atoms with Crippen LogP contribution in [0.2, 0.25) is 5.15 Å². The molecule has 0 aliphatic heterocycles. The van der Waals surface area contributed by atoms with E-state index in [0.29, 0.717) is 23.0 Å². The van der Waals surface area contributed by atoms with E-state index < -0.39 is 5.97 Å². The predicted molar refractivity (Wildman–Crippen MR) is 54.0 cm³/mol. The normalized spacial score (nSPS) is 10.5. The largest absolute Gasteiger partial charge is 0.462 e. The van der Waals surface area contributed by atoms with Gasteiger partial charge in [-0.2, -0.15) is 5.10 Å². The van der Waals surface area contributed by atoms with E-state index in [4.69, 9.17) is 16.3 Å². The maximum absolute atomic E-state index is 11.5. The SMILES string of the molecule is CCOC(=O)c1cnn2c(Cl)ccnc12. The molecular weight excluding hydrogens is 218 g/mol. The number of carbonyl (C=O) groups is 1. The van der Waals surface area contributed by atoms with Crippen LogP contribution in [0.1, 0.15) is 17.3 Å². The van der Waals surface area contributed by atoms with Crippen molar-refractivity contribution >= 4 is 23.2 Å². The molecule has 6 heteroatoms. The zero-order valence-corrected chi connectivity index (χ0v) is 8.73. The van der Waals surface area contributed by atoms with Crippen LogP contribution >= 0.6 is 11.6 Å². The zero-order valence-electron chi connectivity index (χ0n) is 7.98. The van der Waals surface area contributed by atoms with Crippen molar-refractivity contribution in [2.24, 2.45) is 0 Å². The van der Waals surface area contributed by atoms with Gasteiger partial charge in [-0.05, 0) is 13.0 Å². The second kappa shape index (κ2) is 3.86. The van der Waals surface area contributed by atoms with Gasteiger partial charge in [0, 0.05) is 6.20 Å². The summed E-state index contributed by atoms with van der Waals surface area (Å²) in [6, 6.07) is 1.59. The number of halogens is 1. The first-order chi connectivity index (χ1) is 7.24. The number of rotatable bonds is 2. The van der Waals surface area contributed by atoms with Crippen molar-refractivity contribution in [1.29, 1.82) is 0 Å². The van der Waals surface area contributed by atoms with E-state index in [9.17, 15) is 4.79 Å². The maximum atomic E-state index is 11.5. The summed E-state index contributed by atoms with van der Waals surface area (Å²) in [4.78, 5) is 15.5. The van der Waals surface area contributed by atoms with Gasteiger partial charge in [0.15, 0.2) is 5.65 Å². The van der Waals surface area contributed by atoms with Gasteiger partial charge in [-0.15, -0.1) is 0 Å². The first-order valence-electron chi connectivity index (χ1n) is 4.39. The van der Waals surface area contributed by atoms with Crippen molar-refractivity contribution in [2.75, 3.05) is 6.61 Å². The summed E-state index contributed by atoms with van der Waals surface area (Å²) in [7, 11) is 0. The molecule has 0 atom stereocenters. The van der Waals surface area contributed by atoms with Crippen LogP contribution in [-0.4, -0.2) is 27.2 Å². The van der Waals surface area contributed by atoms with Gasteiger partial charge in [-0.25, -0.2) is 14.3 Å². The van der Waals surface area contributed by atoms with Crippen LogP contribution in [0.5, 0.6) is 0 Å². The monoisotopic (exact) mass is 225 g/mol. The van der Waals surface area contributed by atoms with Crippen LogP contribution in [0.4, 0.5) is 0 Å². The minimum absolute atomic E-state index is 0.316. The highest BCUT2D eigenvalue weighted by molar-refractivity contribution is 6.29. The lowest BCUT2D eigenvalue weighted by molar-refractivity contribution is 0.0528. The van der Waals surface area contributed by atoms with Crippen LogP contribution < -0.4 is 0 Å². The topological polar surface area (TPSA) is 56.5 Å². The number of hydrogen-bond donors (Lipinski definition) is 0. The Labute approximate surface area is 90.6 Å². The van der Waals surface area contributed by atoms with Crippen molar-refractivity contribution < 1.29 is 9.53 Å². The molecule has 0 saturated heterocycles. The molecule has 0 spiro atoms. The fourth-order valence-electron chi connectivity index (χ4n) is 1.22. The summed E-state index contributed by atoms with van der Waals surface area (Å²) in [5.74, 6) is -0.442. The van der Waals surface area contributed by atoms with Gasteiger partial charge < -0.3 is 4.74 Å². The fraction of sp³-hybridized carbons (Fsp3) is 0.222. The van der Waals surface area contributed by atoms with Crippen molar-refractivity contribution in [2.45, 2.75) is 6.92 Å². The van der Waals surface area contributed by atoms with E-state index in [2.05, 4.69) is 10.1 Å². The third-order valence-corrected chi connectivity index (χ3v) is 2.14. The fourth-order valence-corrected chi connectivity index (χ4v) is 1.40. The number of aromatic nitrogens is 3. The highest BCUT2D eigenvalue weighted by Gasteiger charge is 2.15. The lowest BCUT2D eigenvalue weighted by Gasteiger charge is -1.99. The molecular formula is C9H8ClN3O2. The molecule has 0 aromatic carbocycles. The van der Waals surface area contributed by atoms with Crippen LogP contribution in [0, 0.1) is 0 Å². The van der Waals surface area contributed by atoms with Gasteiger partial charge >= 0.3 is 5.97 Å². The smallest absolute Gasteiger partial charge is 0.343 e. The summed E-state index contributed by atoms with van der Waals surface area (Å²) >= 11 is 5.86. The molecule has 0 amide bonds. The molecule has 2 aromatic rings. The molecule has 2 aromatic heterocycles. The highest BCUT2D eigenvalue weighted by atomic mass is 35.5. The van der Waals surface area contributed by atoms with Crippen LogP contribution in [0.15, 0.2) is 18.5 Å². The quantitative estimate of drug-likeness (QED) is 0.575. The molecule has 0 aliphatic carbocycles. The van der Waals surface area contributed by atoms with Gasteiger partial charge in [-0.1, -0.05) is 11.6 Å². The second-order valence-corrected chi connectivity index (χ2v) is 3.17. The highest BCUT2D eigenvalue weighted by Crippen LogP contribution is 2.14. The van der Waals surface area contributed by atoms with Crippen molar-refractivity contribution in [3.63, 3.8) is 0 Å². The number of esters is 1. The molecule has 0 N–H and O–H groups in total. The molecule has 15 heavy (non-hydrogen) atoms. The molecule has 0 radical (unpaired) electrons. The Kier molecular flexibility index (Phi) is 2.55. The predicted octanol–water partition coefficient (Wildman–Crippen LogP) is 1.56. The van der Waals surface area contributed by atoms with E-state index in [1.165, 1.54) is 16.9 Å². The molecule has 0 fully saturated rings. The Morgan fingerprint density at radius 3 is 3.20 bits per heavy atom. The van der Waals surface area contributed by atoms with Crippen LogP contribution in [-0.2, 0) is 4.74 Å². The summed E-state index contributed by atoms with van der Waals surface area (Å²) in [6.07, 6.45) is 2.91. The Bertz CT molecular complexity index is 509. The Morgan fingerprint density at radius 2 is 2.47 bits per heavy atom. The molecule has 0 bridgehead atoms. The minimum Gasteiger partial charge on any atom is -0.462 e. The standard InChI is InChI=1S/C9H8ClN3O2/c1-2-15-9(14)6-5-12-13-7(10)3-4-11-8(6)13/h3-5H,2H2,1H3. The lowest BCUT2D eigenvalue weighted by atomic mass is 10.3. The molecule has 78 valence electrons. The Hall–Kier alpha value is -1.62. The van der Waals surface area contributed by atoms with Crippen LogP contribution in [0.25, 0.3) is 5.65 Å². The first kappa shape index (κ1) is 9.92. The summed E-state index contributed by atoms with van der Waals surface area (Å²) in [6.45, 7) is 2.06. The van der Waals surface area contributed by atoms with E-state index in [1.807, 2.05) is 0 Å². The van der Waals surface area contributed by atoms with E-state index in [0.717, 1.165) is 0 Å². The number of ether oxygens (including phenoxy) is 1. The number of fused-ring (bicyclic) bond motifs is 1. The van der Waals surface area contributed by atoms with Gasteiger partial charge in [0.05, 0.1) is 12.8 Å². The Morgan fingerprint density at radius 1 is 1.67 bits per heavy atom.